The van der Waals surface area contributed by atoms with Crippen molar-refractivity contribution in [3.8, 4) is 0 Å². The fourth-order valence-electron chi connectivity index (χ4n) is 2.72. The molecule has 0 radical (unpaired) electrons. The first-order valence-electron chi connectivity index (χ1n) is 8.18. The summed E-state index contributed by atoms with van der Waals surface area (Å²) < 4.78 is 5.40. The van der Waals surface area contributed by atoms with Crippen molar-refractivity contribution in [3.63, 3.8) is 0 Å². The van der Waals surface area contributed by atoms with E-state index < -0.39 is 0 Å². The fourth-order valence-corrected chi connectivity index (χ4v) is 2.72. The average Bonchev–Trinajstić information content (AvgIpc) is 2.42. The monoisotopic (exact) mass is 271 g/mol. The van der Waals surface area contributed by atoms with Gasteiger partial charge >= 0.3 is 0 Å². The minimum Gasteiger partial charge on any atom is -0.389 e. The lowest BCUT2D eigenvalue weighted by Gasteiger charge is -2.26. The van der Waals surface area contributed by atoms with E-state index in [1.807, 2.05) is 0 Å². The quantitative estimate of drug-likeness (QED) is 0.600. The fraction of sp³-hybridized carbons (Fsp3) is 1.00. The van der Waals surface area contributed by atoms with Crippen molar-refractivity contribution in [3.05, 3.63) is 0 Å². The number of rotatable bonds is 10. The van der Waals surface area contributed by atoms with E-state index in [0.717, 1.165) is 37.8 Å². The summed E-state index contributed by atoms with van der Waals surface area (Å²) in [6.07, 6.45) is 8.72. The highest BCUT2D eigenvalue weighted by Gasteiger charge is 2.17. The van der Waals surface area contributed by atoms with Gasteiger partial charge in [0, 0.05) is 13.2 Å². The van der Waals surface area contributed by atoms with Gasteiger partial charge in [-0.2, -0.15) is 0 Å². The van der Waals surface area contributed by atoms with Crippen molar-refractivity contribution in [2.45, 2.75) is 64.9 Å². The van der Waals surface area contributed by atoms with E-state index in [2.05, 4.69) is 19.2 Å². The zero-order valence-corrected chi connectivity index (χ0v) is 12.9. The molecule has 0 aromatic rings. The molecule has 1 saturated carbocycles. The van der Waals surface area contributed by atoms with E-state index in [-0.39, 0.29) is 6.10 Å². The van der Waals surface area contributed by atoms with E-state index >= 15 is 0 Å². The Kier molecular flexibility index (Phi) is 9.48. The van der Waals surface area contributed by atoms with Crippen LogP contribution in [0.4, 0.5) is 0 Å². The highest BCUT2D eigenvalue weighted by molar-refractivity contribution is 4.71. The Morgan fingerprint density at radius 3 is 2.68 bits per heavy atom. The molecule has 19 heavy (non-hydrogen) atoms. The largest absolute Gasteiger partial charge is 0.389 e. The Morgan fingerprint density at radius 1 is 1.26 bits per heavy atom. The lowest BCUT2D eigenvalue weighted by molar-refractivity contribution is 0.0358. The maximum atomic E-state index is 9.73. The molecule has 3 nitrogen and oxygen atoms in total. The van der Waals surface area contributed by atoms with Crippen molar-refractivity contribution in [2.24, 2.45) is 11.8 Å². The van der Waals surface area contributed by atoms with Crippen molar-refractivity contribution in [1.29, 1.82) is 0 Å². The zero-order chi connectivity index (χ0) is 13.9. The minimum atomic E-state index is -0.358. The van der Waals surface area contributed by atoms with Gasteiger partial charge in [0.25, 0.3) is 0 Å². The second kappa shape index (κ2) is 10.6. The van der Waals surface area contributed by atoms with Gasteiger partial charge in [0.15, 0.2) is 0 Å². The summed E-state index contributed by atoms with van der Waals surface area (Å²) in [4.78, 5) is 0. The van der Waals surface area contributed by atoms with Crippen LogP contribution in [0.1, 0.15) is 58.8 Å². The maximum absolute atomic E-state index is 9.73. The molecule has 1 rings (SSSR count). The minimum absolute atomic E-state index is 0.358. The first kappa shape index (κ1) is 16.9. The van der Waals surface area contributed by atoms with E-state index in [1.54, 1.807) is 0 Å². The molecule has 0 spiro atoms. The lowest BCUT2D eigenvalue weighted by atomic mass is 9.81. The predicted octanol–water partition coefficient (Wildman–Crippen LogP) is 2.97. The van der Waals surface area contributed by atoms with Crippen LogP contribution in [0.25, 0.3) is 0 Å². The molecule has 0 aliphatic heterocycles. The summed E-state index contributed by atoms with van der Waals surface area (Å²) in [6.45, 7) is 7.44. The number of ether oxygens (including phenoxy) is 1. The summed E-state index contributed by atoms with van der Waals surface area (Å²) >= 11 is 0. The summed E-state index contributed by atoms with van der Waals surface area (Å²) in [6, 6.07) is 0. The third-order valence-corrected chi connectivity index (χ3v) is 4.20. The zero-order valence-electron chi connectivity index (χ0n) is 12.9. The topological polar surface area (TPSA) is 41.5 Å². The van der Waals surface area contributed by atoms with Crippen molar-refractivity contribution in [1.82, 2.24) is 5.32 Å². The van der Waals surface area contributed by atoms with Gasteiger partial charge in [-0.05, 0) is 31.2 Å². The number of hydrogen-bond acceptors (Lipinski definition) is 3. The Labute approximate surface area is 119 Å². The molecule has 0 saturated heterocycles. The van der Waals surface area contributed by atoms with Gasteiger partial charge in [-0.15, -0.1) is 0 Å². The van der Waals surface area contributed by atoms with Crippen LogP contribution in [0.5, 0.6) is 0 Å². The standard InChI is InChI=1S/C16H33NO2/c1-3-4-11-19-13-16(18)12-17-10-9-15-7-5-14(2)6-8-15/h14-18H,3-13H2,1-2H3. The molecule has 0 aromatic carbocycles. The maximum Gasteiger partial charge on any atom is 0.0897 e. The van der Waals surface area contributed by atoms with Gasteiger partial charge in [0.05, 0.1) is 12.7 Å². The molecule has 1 fully saturated rings. The molecule has 114 valence electrons. The van der Waals surface area contributed by atoms with E-state index in [9.17, 15) is 5.11 Å². The molecule has 2 N–H and O–H groups in total. The molecule has 0 heterocycles. The Balaban J connectivity index is 1.89. The molecule has 3 heteroatoms. The first-order valence-corrected chi connectivity index (χ1v) is 8.18. The smallest absolute Gasteiger partial charge is 0.0897 e. The van der Waals surface area contributed by atoms with Gasteiger partial charge in [0.2, 0.25) is 0 Å². The Morgan fingerprint density at radius 2 is 2.00 bits per heavy atom. The van der Waals surface area contributed by atoms with Crippen LogP contribution in [-0.2, 0) is 4.74 Å². The highest BCUT2D eigenvalue weighted by atomic mass is 16.5. The molecule has 1 aliphatic rings. The lowest BCUT2D eigenvalue weighted by Crippen LogP contribution is -2.32. The van der Waals surface area contributed by atoms with Gasteiger partial charge in [-0.3, -0.25) is 0 Å². The van der Waals surface area contributed by atoms with Crippen molar-refractivity contribution >= 4 is 0 Å². The molecule has 0 amide bonds. The second-order valence-corrected chi connectivity index (χ2v) is 6.20. The number of nitrogens with one attached hydrogen (secondary N) is 1. The average molecular weight is 271 g/mol. The number of aliphatic hydroxyl groups excluding tert-OH is 1. The summed E-state index contributed by atoms with van der Waals surface area (Å²) in [5.74, 6) is 1.84. The van der Waals surface area contributed by atoms with Gasteiger partial charge < -0.3 is 15.2 Å². The normalized spacial score (nSPS) is 25.4. The highest BCUT2D eigenvalue weighted by Crippen LogP contribution is 2.29. The van der Waals surface area contributed by atoms with E-state index in [1.165, 1.54) is 32.1 Å². The Bertz CT molecular complexity index is 203. The van der Waals surface area contributed by atoms with Crippen LogP contribution < -0.4 is 5.32 Å². The van der Waals surface area contributed by atoms with Crippen LogP contribution in [0.15, 0.2) is 0 Å². The summed E-state index contributed by atoms with van der Waals surface area (Å²) in [7, 11) is 0. The molecular formula is C16H33NO2. The third kappa shape index (κ3) is 8.61. The molecule has 0 aromatic heterocycles. The third-order valence-electron chi connectivity index (χ3n) is 4.20. The van der Waals surface area contributed by atoms with Crippen molar-refractivity contribution < 1.29 is 9.84 Å². The number of hydrogen-bond donors (Lipinski definition) is 2. The van der Waals surface area contributed by atoms with Crippen LogP contribution >= 0.6 is 0 Å². The van der Waals surface area contributed by atoms with Gasteiger partial charge in [0.1, 0.15) is 0 Å². The SMILES string of the molecule is CCCCOCC(O)CNCCC1CCC(C)CC1. The number of aliphatic hydroxyl groups is 1. The second-order valence-electron chi connectivity index (χ2n) is 6.20. The molecular weight excluding hydrogens is 238 g/mol. The Hall–Kier alpha value is -0.120. The molecule has 1 atom stereocenters. The predicted molar refractivity (Wildman–Crippen MR) is 80.3 cm³/mol. The molecule has 1 aliphatic carbocycles. The van der Waals surface area contributed by atoms with Gasteiger partial charge in [-0.1, -0.05) is 46.0 Å². The van der Waals surface area contributed by atoms with E-state index in [0.29, 0.717) is 13.2 Å². The number of unbranched alkanes of at least 4 members (excludes halogenated alkanes) is 1. The molecule has 0 bridgehead atoms. The van der Waals surface area contributed by atoms with Gasteiger partial charge in [-0.25, -0.2) is 0 Å². The summed E-state index contributed by atoms with van der Waals surface area (Å²) in [5, 5.41) is 13.1. The summed E-state index contributed by atoms with van der Waals surface area (Å²) in [5.41, 5.74) is 0. The first-order chi connectivity index (χ1) is 9.22. The van der Waals surface area contributed by atoms with Crippen LogP contribution in [-0.4, -0.2) is 37.5 Å². The van der Waals surface area contributed by atoms with Crippen molar-refractivity contribution in [2.75, 3.05) is 26.3 Å². The van der Waals surface area contributed by atoms with E-state index in [4.69, 9.17) is 4.74 Å². The van der Waals surface area contributed by atoms with Crippen LogP contribution in [0.3, 0.4) is 0 Å². The van der Waals surface area contributed by atoms with Crippen LogP contribution in [0, 0.1) is 11.8 Å². The van der Waals surface area contributed by atoms with Crippen LogP contribution in [0.2, 0.25) is 0 Å². The molecule has 1 unspecified atom stereocenters.